The van der Waals surface area contributed by atoms with E-state index < -0.39 is 0 Å². The van der Waals surface area contributed by atoms with Gasteiger partial charge in [-0.3, -0.25) is 0 Å². The summed E-state index contributed by atoms with van der Waals surface area (Å²) in [5.74, 6) is 0. The van der Waals surface area contributed by atoms with Crippen LogP contribution in [0.4, 0.5) is 0 Å². The van der Waals surface area contributed by atoms with Crippen molar-refractivity contribution < 1.29 is 9.47 Å². The molecule has 0 aromatic carbocycles. The van der Waals surface area contributed by atoms with E-state index in [1.54, 1.807) is 7.11 Å². The Morgan fingerprint density at radius 3 is 2.67 bits per heavy atom. The summed E-state index contributed by atoms with van der Waals surface area (Å²) < 4.78 is 10.1. The predicted octanol–water partition coefficient (Wildman–Crippen LogP) is -0.0344. The van der Waals surface area contributed by atoms with Gasteiger partial charge in [0, 0.05) is 13.2 Å². The fraction of sp³-hybridized carbons (Fsp3) is 1.00. The first kappa shape index (κ1) is 6.99. The van der Waals surface area contributed by atoms with Crippen LogP contribution < -0.4 is 5.32 Å². The number of nitrogens with one attached hydrogen (secondary N) is 1. The predicted molar refractivity (Wildman–Crippen MR) is 34.2 cm³/mol. The zero-order chi connectivity index (χ0) is 6.85. The van der Waals surface area contributed by atoms with Gasteiger partial charge in [-0.15, -0.1) is 0 Å². The molecule has 3 heteroatoms. The zero-order valence-corrected chi connectivity index (χ0v) is 6.05. The van der Waals surface area contributed by atoms with Crippen molar-refractivity contribution in [1.82, 2.24) is 5.32 Å². The average molecular weight is 131 g/mol. The molecule has 1 aliphatic heterocycles. The number of hydrogen-bond acceptors (Lipinski definition) is 3. The Bertz CT molecular complexity index is 97.1. The Morgan fingerprint density at radius 1 is 1.67 bits per heavy atom. The van der Waals surface area contributed by atoms with Crippen molar-refractivity contribution in [1.29, 1.82) is 0 Å². The van der Waals surface area contributed by atoms with Gasteiger partial charge in [0.25, 0.3) is 0 Å². The lowest BCUT2D eigenvalue weighted by molar-refractivity contribution is 0.0950. The number of methoxy groups -OCH3 is 1. The lowest BCUT2D eigenvalue weighted by atomic mass is 10.2. The van der Waals surface area contributed by atoms with E-state index in [2.05, 4.69) is 12.2 Å². The highest BCUT2D eigenvalue weighted by molar-refractivity contribution is 4.85. The van der Waals surface area contributed by atoms with Gasteiger partial charge in [-0.05, 0) is 14.0 Å². The summed E-state index contributed by atoms with van der Waals surface area (Å²) in [6, 6.07) is 0.398. The molecule has 1 N–H and O–H groups in total. The van der Waals surface area contributed by atoms with Crippen molar-refractivity contribution in [3.8, 4) is 0 Å². The minimum atomic E-state index is 0.0347. The third-order valence-electron chi connectivity index (χ3n) is 1.66. The molecule has 1 rings (SSSR count). The molecule has 1 fully saturated rings. The monoisotopic (exact) mass is 131 g/mol. The van der Waals surface area contributed by atoms with Crippen LogP contribution in [0.5, 0.6) is 0 Å². The average Bonchev–Trinajstić information content (AvgIpc) is 2.64. The van der Waals surface area contributed by atoms with Gasteiger partial charge in [0.2, 0.25) is 0 Å². The molecule has 1 heterocycles. The van der Waals surface area contributed by atoms with Gasteiger partial charge >= 0.3 is 0 Å². The molecule has 0 aliphatic carbocycles. The van der Waals surface area contributed by atoms with Crippen LogP contribution in [-0.4, -0.2) is 32.6 Å². The van der Waals surface area contributed by atoms with E-state index in [9.17, 15) is 0 Å². The van der Waals surface area contributed by atoms with Crippen molar-refractivity contribution in [3.05, 3.63) is 0 Å². The van der Waals surface area contributed by atoms with E-state index in [1.165, 1.54) is 0 Å². The maximum absolute atomic E-state index is 5.13. The Hall–Kier alpha value is -0.120. The van der Waals surface area contributed by atoms with E-state index in [4.69, 9.17) is 9.47 Å². The molecule has 0 bridgehead atoms. The van der Waals surface area contributed by atoms with Gasteiger partial charge in [0.05, 0.1) is 0 Å². The molecule has 3 atom stereocenters. The molecule has 0 radical (unpaired) electrons. The molecule has 0 amide bonds. The van der Waals surface area contributed by atoms with Crippen LogP contribution >= 0.6 is 0 Å². The Balaban J connectivity index is 2.17. The SMILES string of the molecule is CNC(C)C1OC1OC. The van der Waals surface area contributed by atoms with Gasteiger partial charge in [0.15, 0.2) is 6.29 Å². The number of ether oxygens (including phenoxy) is 2. The molecule has 0 saturated carbocycles. The fourth-order valence-corrected chi connectivity index (χ4v) is 0.817. The summed E-state index contributed by atoms with van der Waals surface area (Å²) in [5.41, 5.74) is 0. The van der Waals surface area contributed by atoms with Gasteiger partial charge in [-0.25, -0.2) is 0 Å². The Labute approximate surface area is 55.3 Å². The molecule has 1 aliphatic rings. The van der Waals surface area contributed by atoms with Gasteiger partial charge in [0.1, 0.15) is 6.10 Å². The summed E-state index contributed by atoms with van der Waals surface area (Å²) in [5, 5.41) is 3.09. The molecule has 1 saturated heterocycles. The quantitative estimate of drug-likeness (QED) is 0.546. The van der Waals surface area contributed by atoms with Crippen LogP contribution in [0.15, 0.2) is 0 Å². The largest absolute Gasteiger partial charge is 0.353 e. The number of likely N-dealkylation sites (N-methyl/N-ethyl adjacent to an activating group) is 1. The summed E-state index contributed by atoms with van der Waals surface area (Å²) in [4.78, 5) is 0. The summed E-state index contributed by atoms with van der Waals surface area (Å²) >= 11 is 0. The summed E-state index contributed by atoms with van der Waals surface area (Å²) in [6.07, 6.45) is 0.299. The Kier molecular flexibility index (Phi) is 2.05. The van der Waals surface area contributed by atoms with Crippen molar-refractivity contribution >= 4 is 0 Å². The highest BCUT2D eigenvalue weighted by Gasteiger charge is 2.42. The Morgan fingerprint density at radius 2 is 2.33 bits per heavy atom. The van der Waals surface area contributed by atoms with Crippen LogP contribution in [0, 0.1) is 0 Å². The first-order valence-electron chi connectivity index (χ1n) is 3.15. The molecule has 0 spiro atoms. The van der Waals surface area contributed by atoms with Crippen LogP contribution in [0.3, 0.4) is 0 Å². The summed E-state index contributed by atoms with van der Waals surface area (Å²) in [7, 11) is 3.58. The molecule has 0 aromatic heterocycles. The van der Waals surface area contributed by atoms with Crippen molar-refractivity contribution in [2.45, 2.75) is 25.4 Å². The van der Waals surface area contributed by atoms with Gasteiger partial charge in [-0.1, -0.05) is 0 Å². The first-order valence-corrected chi connectivity index (χ1v) is 3.15. The van der Waals surface area contributed by atoms with E-state index >= 15 is 0 Å². The fourth-order valence-electron chi connectivity index (χ4n) is 0.817. The van der Waals surface area contributed by atoms with Gasteiger partial charge < -0.3 is 14.8 Å². The lowest BCUT2D eigenvalue weighted by Gasteiger charge is -2.03. The van der Waals surface area contributed by atoms with E-state index in [1.807, 2.05) is 7.05 Å². The normalized spacial score (nSPS) is 36.3. The van der Waals surface area contributed by atoms with Crippen LogP contribution in [0.2, 0.25) is 0 Å². The second-order valence-electron chi connectivity index (χ2n) is 2.28. The lowest BCUT2D eigenvalue weighted by Crippen LogP contribution is -2.28. The van der Waals surface area contributed by atoms with Gasteiger partial charge in [-0.2, -0.15) is 0 Å². The molecule has 3 nitrogen and oxygen atoms in total. The molecular weight excluding hydrogens is 118 g/mol. The number of hydrogen-bond donors (Lipinski definition) is 1. The maximum atomic E-state index is 5.13. The van der Waals surface area contributed by atoms with Crippen LogP contribution in [-0.2, 0) is 9.47 Å². The van der Waals surface area contributed by atoms with Crippen LogP contribution in [0.1, 0.15) is 6.92 Å². The standard InChI is InChI=1S/C6H13NO2/c1-4(7-2)5-6(8-3)9-5/h4-7H,1-3H3. The van der Waals surface area contributed by atoms with E-state index in [-0.39, 0.29) is 12.4 Å². The van der Waals surface area contributed by atoms with E-state index in [0.717, 1.165) is 0 Å². The smallest absolute Gasteiger partial charge is 0.185 e. The highest BCUT2D eigenvalue weighted by atomic mass is 16.8. The maximum Gasteiger partial charge on any atom is 0.185 e. The van der Waals surface area contributed by atoms with Crippen molar-refractivity contribution in [2.24, 2.45) is 0 Å². The third kappa shape index (κ3) is 1.41. The second kappa shape index (κ2) is 2.64. The summed E-state index contributed by atoms with van der Waals surface area (Å²) in [6.45, 7) is 2.07. The first-order chi connectivity index (χ1) is 4.29. The van der Waals surface area contributed by atoms with Crippen LogP contribution in [0.25, 0.3) is 0 Å². The molecular formula is C6H13NO2. The highest BCUT2D eigenvalue weighted by Crippen LogP contribution is 2.24. The minimum absolute atomic E-state index is 0.0347. The number of epoxide rings is 1. The number of rotatable bonds is 3. The molecule has 54 valence electrons. The molecule has 3 unspecified atom stereocenters. The second-order valence-corrected chi connectivity index (χ2v) is 2.28. The molecule has 0 aromatic rings. The molecule has 9 heavy (non-hydrogen) atoms. The topological polar surface area (TPSA) is 33.8 Å². The van der Waals surface area contributed by atoms with Crippen molar-refractivity contribution in [3.63, 3.8) is 0 Å². The minimum Gasteiger partial charge on any atom is -0.353 e. The zero-order valence-electron chi connectivity index (χ0n) is 6.05. The van der Waals surface area contributed by atoms with E-state index in [0.29, 0.717) is 6.04 Å². The van der Waals surface area contributed by atoms with Crippen molar-refractivity contribution in [2.75, 3.05) is 14.2 Å². The third-order valence-corrected chi connectivity index (χ3v) is 1.66.